The monoisotopic (exact) mass is 830 g/mol. The van der Waals surface area contributed by atoms with Gasteiger partial charge in [0.2, 0.25) is 0 Å². The molecular weight excluding hydrogens is 765 g/mol. The highest BCUT2D eigenvalue weighted by Gasteiger charge is 2.46. The summed E-state index contributed by atoms with van der Waals surface area (Å²) in [5, 5.41) is 9.59. The maximum Gasteiger partial charge on any atom is 0.410 e. The fourth-order valence-corrected chi connectivity index (χ4v) is 9.35. The number of pyridine rings is 1. The number of carbonyl (C=O) groups excluding carboxylic acids is 1. The molecule has 0 saturated carbocycles. The van der Waals surface area contributed by atoms with Crippen LogP contribution in [-0.2, 0) is 26.0 Å². The van der Waals surface area contributed by atoms with Gasteiger partial charge in [0.1, 0.15) is 36.3 Å². The van der Waals surface area contributed by atoms with Crippen molar-refractivity contribution in [3.63, 3.8) is 0 Å². The average Bonchev–Trinajstić information content (AvgIpc) is 3.83. The number of amides is 1. The summed E-state index contributed by atoms with van der Waals surface area (Å²) in [5.74, 6) is 1.31. The van der Waals surface area contributed by atoms with E-state index in [0.29, 0.717) is 44.7 Å². The largest absolute Gasteiger partial charge is 0.494 e. The SMILES string of the molecule is C=C(OCC)c1c([C@@H]2C[C@H]3CC[C@@H](C2)N3C(=O)OC(C)(C)C)nc2c(-c3ccc(-c4ccn(C)n4)nc3)cnn2c1N(COCC[Si](C)(C)C)COCC[Si](C)(C)C. The summed E-state index contributed by atoms with van der Waals surface area (Å²) < 4.78 is 28.9. The van der Waals surface area contributed by atoms with Gasteiger partial charge < -0.3 is 28.7 Å². The van der Waals surface area contributed by atoms with E-state index in [4.69, 9.17) is 34.0 Å². The number of anilines is 1. The molecule has 2 fully saturated rings. The molecule has 0 aromatic carbocycles. The van der Waals surface area contributed by atoms with Crippen molar-refractivity contribution in [2.45, 2.75) is 128 Å². The summed E-state index contributed by atoms with van der Waals surface area (Å²) in [7, 11) is -0.797. The second-order valence-electron chi connectivity index (χ2n) is 19.3. The van der Waals surface area contributed by atoms with E-state index in [9.17, 15) is 4.79 Å². The first-order chi connectivity index (χ1) is 27.3. The predicted molar refractivity (Wildman–Crippen MR) is 236 cm³/mol. The first-order valence-electron chi connectivity index (χ1n) is 20.9. The molecule has 0 aliphatic carbocycles. The Hall–Kier alpha value is -4.06. The summed E-state index contributed by atoms with van der Waals surface area (Å²) >= 11 is 0. The highest BCUT2D eigenvalue weighted by molar-refractivity contribution is 6.76. The Morgan fingerprint density at radius 2 is 1.57 bits per heavy atom. The number of ether oxygens (including phenoxy) is 4. The summed E-state index contributed by atoms with van der Waals surface area (Å²) in [5.41, 5.74) is 5.14. The summed E-state index contributed by atoms with van der Waals surface area (Å²) in [6.07, 6.45) is 8.74. The minimum absolute atomic E-state index is 0.0158. The first kappa shape index (κ1) is 43.5. The van der Waals surface area contributed by atoms with Gasteiger partial charge in [0, 0.05) is 77.9 Å². The molecule has 2 aliphatic rings. The molecule has 4 aromatic rings. The van der Waals surface area contributed by atoms with Crippen LogP contribution in [0.3, 0.4) is 0 Å². The van der Waals surface area contributed by atoms with Gasteiger partial charge in [-0.2, -0.15) is 14.7 Å². The zero-order valence-corrected chi connectivity index (χ0v) is 38.8. The van der Waals surface area contributed by atoms with Gasteiger partial charge in [-0.15, -0.1) is 0 Å². The molecule has 4 aromatic heterocycles. The Balaban J connectivity index is 1.48. The van der Waals surface area contributed by atoms with Crippen LogP contribution in [0.5, 0.6) is 0 Å². The van der Waals surface area contributed by atoms with Crippen molar-refractivity contribution < 1.29 is 23.7 Å². The Morgan fingerprint density at radius 1 is 0.931 bits per heavy atom. The topological polar surface area (TPSA) is 121 Å². The van der Waals surface area contributed by atoms with Gasteiger partial charge in [0.05, 0.1) is 29.8 Å². The van der Waals surface area contributed by atoms with Crippen LogP contribution < -0.4 is 4.90 Å². The maximum absolute atomic E-state index is 13.6. The Bertz CT molecular complexity index is 2010. The molecule has 13 nitrogen and oxygen atoms in total. The van der Waals surface area contributed by atoms with Gasteiger partial charge in [-0.3, -0.25) is 9.67 Å². The standard InChI is InChI=1S/C43H66N8O5Si2/c1-13-55-30(2)38-39(32-24-33-15-16-34(25-32)50(33)42(52)56-43(3,4)5)46-40-35(31-14-17-36(44-26-31)37-18-19-48(6)47-37)27-45-51(40)41(38)49(28-53-20-22-57(7,8)9)29-54-21-23-58(10,11)12/h14,17-19,26-27,32-34H,2,13,15-16,20-25,28-29H2,1,3-12H3/t32-,33-,34+. The molecule has 1 amide bonds. The summed E-state index contributed by atoms with van der Waals surface area (Å²) in [4.78, 5) is 28.0. The fourth-order valence-electron chi connectivity index (χ4n) is 7.84. The van der Waals surface area contributed by atoms with E-state index in [-0.39, 0.29) is 24.1 Å². The normalized spacial score (nSPS) is 18.5. The van der Waals surface area contributed by atoms with Gasteiger partial charge in [0.25, 0.3) is 0 Å². The van der Waals surface area contributed by atoms with E-state index in [1.807, 2.05) is 74.9 Å². The number of piperidine rings is 1. The van der Waals surface area contributed by atoms with E-state index in [1.165, 1.54) is 0 Å². The van der Waals surface area contributed by atoms with Gasteiger partial charge in [-0.1, -0.05) is 51.9 Å². The van der Waals surface area contributed by atoms with E-state index in [1.54, 1.807) is 4.68 Å². The van der Waals surface area contributed by atoms with Crippen molar-refractivity contribution in [3.05, 3.63) is 54.6 Å². The lowest BCUT2D eigenvalue weighted by molar-refractivity contribution is 0.00566. The van der Waals surface area contributed by atoms with Crippen LogP contribution in [0.2, 0.25) is 51.4 Å². The second-order valence-corrected chi connectivity index (χ2v) is 30.6. The molecule has 6 rings (SSSR count). The molecule has 3 atom stereocenters. The molecule has 2 saturated heterocycles. The lowest BCUT2D eigenvalue weighted by Gasteiger charge is -2.40. The molecule has 0 unspecified atom stereocenters. The van der Waals surface area contributed by atoms with Crippen LogP contribution in [0.1, 0.15) is 70.6 Å². The lowest BCUT2D eigenvalue weighted by atomic mass is 9.85. The van der Waals surface area contributed by atoms with Crippen molar-refractivity contribution in [2.75, 3.05) is 38.2 Å². The Labute approximate surface area is 347 Å². The molecule has 2 aliphatic heterocycles. The molecule has 0 radical (unpaired) electrons. The van der Waals surface area contributed by atoms with Crippen LogP contribution >= 0.6 is 0 Å². The number of fused-ring (bicyclic) bond motifs is 3. The minimum atomic E-state index is -1.35. The highest BCUT2D eigenvalue weighted by atomic mass is 28.3. The van der Waals surface area contributed by atoms with E-state index >= 15 is 0 Å². The number of carbonyl (C=O) groups is 1. The van der Waals surface area contributed by atoms with Crippen molar-refractivity contribution >= 4 is 39.5 Å². The van der Waals surface area contributed by atoms with Gasteiger partial charge >= 0.3 is 6.09 Å². The van der Waals surface area contributed by atoms with Gasteiger partial charge in [-0.05, 0) is 77.6 Å². The zero-order valence-electron chi connectivity index (χ0n) is 36.8. The smallest absolute Gasteiger partial charge is 0.410 e. The Kier molecular flexibility index (Phi) is 13.2. The molecule has 2 bridgehead atoms. The van der Waals surface area contributed by atoms with Gasteiger partial charge in [0.15, 0.2) is 5.65 Å². The van der Waals surface area contributed by atoms with E-state index in [0.717, 1.165) is 77.4 Å². The molecule has 0 spiro atoms. The van der Waals surface area contributed by atoms with Crippen LogP contribution in [0, 0.1) is 0 Å². The number of nitrogens with zero attached hydrogens (tertiary/aromatic N) is 8. The first-order valence-corrected chi connectivity index (χ1v) is 28.3. The quantitative estimate of drug-likeness (QED) is 0.0441. The zero-order chi connectivity index (χ0) is 42.0. The molecule has 6 heterocycles. The molecule has 58 heavy (non-hydrogen) atoms. The van der Waals surface area contributed by atoms with Crippen molar-refractivity contribution in [3.8, 4) is 22.5 Å². The average molecular weight is 831 g/mol. The van der Waals surface area contributed by atoms with Crippen LogP contribution in [0.4, 0.5) is 10.6 Å². The molecule has 15 heteroatoms. The third kappa shape index (κ3) is 10.6. The second kappa shape index (κ2) is 17.7. The summed E-state index contributed by atoms with van der Waals surface area (Å²) in [6, 6.07) is 8.15. The predicted octanol–water partition coefficient (Wildman–Crippen LogP) is 9.28. The lowest BCUT2D eigenvalue weighted by Crippen LogP contribution is -2.48. The van der Waals surface area contributed by atoms with Crippen molar-refractivity contribution in [1.82, 2.24) is 34.3 Å². The highest BCUT2D eigenvalue weighted by Crippen LogP contribution is 2.47. The maximum atomic E-state index is 13.6. The third-order valence-corrected chi connectivity index (χ3v) is 14.2. The Morgan fingerprint density at radius 3 is 2.09 bits per heavy atom. The van der Waals surface area contributed by atoms with Crippen molar-refractivity contribution in [1.29, 1.82) is 0 Å². The van der Waals surface area contributed by atoms with Crippen molar-refractivity contribution in [2.24, 2.45) is 7.05 Å². The van der Waals surface area contributed by atoms with Gasteiger partial charge in [-0.25, -0.2) is 9.78 Å². The van der Waals surface area contributed by atoms with E-state index in [2.05, 4.69) is 61.9 Å². The molecule has 0 N–H and O–H groups in total. The number of aromatic nitrogens is 6. The van der Waals surface area contributed by atoms with Crippen LogP contribution in [0.25, 0.3) is 33.9 Å². The fraction of sp³-hybridized carbons (Fsp3) is 0.605. The third-order valence-electron chi connectivity index (χ3n) is 10.8. The van der Waals surface area contributed by atoms with Crippen LogP contribution in [-0.4, -0.2) is 107 Å². The summed E-state index contributed by atoms with van der Waals surface area (Å²) in [6.45, 7) is 28.7. The number of rotatable bonds is 17. The van der Waals surface area contributed by atoms with Crippen LogP contribution in [0.15, 0.2) is 43.4 Å². The molecule has 316 valence electrons. The number of aryl methyl sites for hydroxylation is 1. The number of hydrogen-bond donors (Lipinski definition) is 0. The van der Waals surface area contributed by atoms with E-state index < -0.39 is 21.7 Å². The minimum Gasteiger partial charge on any atom is -0.494 e. The molecular formula is C43H66N8O5Si2. The number of hydrogen-bond acceptors (Lipinski definition) is 10.